The second-order valence-corrected chi connectivity index (χ2v) is 9.51. The zero-order chi connectivity index (χ0) is 20.8. The fourth-order valence-corrected chi connectivity index (χ4v) is 5.57. The normalized spacial score (nSPS) is 23.8. The molecule has 0 spiro atoms. The maximum Gasteiger partial charge on any atom is 0.309 e. The van der Waals surface area contributed by atoms with Gasteiger partial charge in [0, 0.05) is 29.0 Å². The van der Waals surface area contributed by atoms with Gasteiger partial charge in [0.2, 0.25) is 0 Å². The summed E-state index contributed by atoms with van der Waals surface area (Å²) in [4.78, 5) is 22.1. The Morgan fingerprint density at radius 2 is 2.10 bits per heavy atom. The standard InChI is InChI=1S/C22H25N3O3S/c1-21(2)12-22(27,8-6-16(21)19(26)28-3)20-25-11-18(29-20)15-7-9-24-17-10-13(23)4-5-14(15)17/h4-5,7,9-11,16,27H,6,8,12,23H2,1-3H3. The molecule has 0 aliphatic heterocycles. The van der Waals surface area contributed by atoms with E-state index in [-0.39, 0.29) is 17.3 Å². The van der Waals surface area contributed by atoms with Crippen LogP contribution in [0.1, 0.15) is 38.1 Å². The number of esters is 1. The van der Waals surface area contributed by atoms with Gasteiger partial charge < -0.3 is 15.6 Å². The molecule has 0 radical (unpaired) electrons. The summed E-state index contributed by atoms with van der Waals surface area (Å²) < 4.78 is 4.96. The lowest BCUT2D eigenvalue weighted by atomic mass is 9.63. The van der Waals surface area contributed by atoms with Crippen molar-refractivity contribution in [2.45, 2.75) is 38.7 Å². The SMILES string of the molecule is COC(=O)C1CCC(O)(c2ncc(-c3ccnc4cc(N)ccc34)s2)CC1(C)C. The first-order valence-electron chi connectivity index (χ1n) is 9.65. The summed E-state index contributed by atoms with van der Waals surface area (Å²) >= 11 is 1.49. The Bertz CT molecular complexity index is 1080. The maximum absolute atomic E-state index is 12.1. The lowest BCUT2D eigenvalue weighted by Crippen LogP contribution is -2.45. The highest BCUT2D eigenvalue weighted by Crippen LogP contribution is 2.51. The van der Waals surface area contributed by atoms with Gasteiger partial charge in [-0.3, -0.25) is 9.78 Å². The summed E-state index contributed by atoms with van der Waals surface area (Å²) in [7, 11) is 1.42. The number of pyridine rings is 1. The van der Waals surface area contributed by atoms with Gasteiger partial charge in [-0.2, -0.15) is 0 Å². The minimum Gasteiger partial charge on any atom is -0.469 e. The van der Waals surface area contributed by atoms with E-state index in [2.05, 4.69) is 9.97 Å². The van der Waals surface area contributed by atoms with Gasteiger partial charge in [-0.15, -0.1) is 11.3 Å². The van der Waals surface area contributed by atoms with Crippen molar-refractivity contribution >= 4 is 33.9 Å². The molecule has 7 heteroatoms. The third kappa shape index (κ3) is 3.49. The molecule has 1 aliphatic carbocycles. The van der Waals surface area contributed by atoms with E-state index in [0.29, 0.717) is 30.0 Å². The first kappa shape index (κ1) is 19.8. The Morgan fingerprint density at radius 3 is 2.83 bits per heavy atom. The van der Waals surface area contributed by atoms with Gasteiger partial charge in [-0.1, -0.05) is 19.9 Å². The van der Waals surface area contributed by atoms with Crippen LogP contribution in [0.5, 0.6) is 0 Å². The van der Waals surface area contributed by atoms with Crippen molar-refractivity contribution in [1.29, 1.82) is 0 Å². The third-order valence-electron chi connectivity index (χ3n) is 5.96. The quantitative estimate of drug-likeness (QED) is 0.497. The minimum atomic E-state index is -1.05. The summed E-state index contributed by atoms with van der Waals surface area (Å²) in [5.74, 6) is -0.429. The number of carbonyl (C=O) groups is 1. The van der Waals surface area contributed by atoms with Crippen molar-refractivity contribution in [3.05, 3.63) is 41.7 Å². The monoisotopic (exact) mass is 411 g/mol. The van der Waals surface area contributed by atoms with Crippen molar-refractivity contribution in [1.82, 2.24) is 9.97 Å². The number of aliphatic hydroxyl groups is 1. The summed E-state index contributed by atoms with van der Waals surface area (Å²) in [6, 6.07) is 7.63. The van der Waals surface area contributed by atoms with Gasteiger partial charge in [0.25, 0.3) is 0 Å². The van der Waals surface area contributed by atoms with Gasteiger partial charge in [0.15, 0.2) is 0 Å². The minimum absolute atomic E-state index is 0.209. The third-order valence-corrected chi connectivity index (χ3v) is 7.18. The van der Waals surface area contributed by atoms with Crippen molar-refractivity contribution in [2.24, 2.45) is 11.3 Å². The topological polar surface area (TPSA) is 98.3 Å². The highest BCUT2D eigenvalue weighted by atomic mass is 32.1. The Balaban J connectivity index is 1.67. The number of aromatic nitrogens is 2. The number of ether oxygens (including phenoxy) is 1. The fraction of sp³-hybridized carbons (Fsp3) is 0.409. The second-order valence-electron chi connectivity index (χ2n) is 8.48. The van der Waals surface area contributed by atoms with Crippen LogP contribution >= 0.6 is 11.3 Å². The van der Waals surface area contributed by atoms with Crippen molar-refractivity contribution in [3.8, 4) is 10.4 Å². The Morgan fingerprint density at radius 1 is 1.31 bits per heavy atom. The van der Waals surface area contributed by atoms with Crippen molar-refractivity contribution in [2.75, 3.05) is 12.8 Å². The highest BCUT2D eigenvalue weighted by molar-refractivity contribution is 7.15. The second kappa shape index (κ2) is 7.07. The predicted molar refractivity (Wildman–Crippen MR) is 114 cm³/mol. The van der Waals surface area contributed by atoms with E-state index in [1.165, 1.54) is 18.4 Å². The number of hydrogen-bond acceptors (Lipinski definition) is 7. The van der Waals surface area contributed by atoms with Crippen molar-refractivity contribution < 1.29 is 14.6 Å². The molecule has 1 aliphatic rings. The van der Waals surface area contributed by atoms with Crippen LogP contribution in [0.4, 0.5) is 5.69 Å². The van der Waals surface area contributed by atoms with Crippen LogP contribution in [0.15, 0.2) is 36.7 Å². The lowest BCUT2D eigenvalue weighted by Gasteiger charge is -2.44. The van der Waals surface area contributed by atoms with Crippen LogP contribution < -0.4 is 5.73 Å². The van der Waals surface area contributed by atoms with E-state index in [1.807, 2.05) is 44.3 Å². The molecule has 6 nitrogen and oxygen atoms in total. The summed E-state index contributed by atoms with van der Waals surface area (Å²) in [6.45, 7) is 4.02. The molecule has 1 saturated carbocycles. The lowest BCUT2D eigenvalue weighted by molar-refractivity contribution is -0.157. The van der Waals surface area contributed by atoms with E-state index in [9.17, 15) is 9.90 Å². The van der Waals surface area contributed by atoms with Gasteiger partial charge in [0.05, 0.1) is 23.4 Å². The molecule has 2 atom stereocenters. The number of carbonyl (C=O) groups excluding carboxylic acids is 1. The average Bonchev–Trinajstić information content (AvgIpc) is 3.17. The zero-order valence-electron chi connectivity index (χ0n) is 16.8. The first-order valence-corrected chi connectivity index (χ1v) is 10.5. The predicted octanol–water partition coefficient (Wildman–Crippen LogP) is 4.13. The van der Waals surface area contributed by atoms with Crippen LogP contribution in [-0.4, -0.2) is 28.2 Å². The summed E-state index contributed by atoms with van der Waals surface area (Å²) in [5.41, 5.74) is 6.97. The number of methoxy groups -OCH3 is 1. The summed E-state index contributed by atoms with van der Waals surface area (Å²) in [5, 5.41) is 13.1. The first-order chi connectivity index (χ1) is 13.7. The molecule has 0 bridgehead atoms. The number of anilines is 1. The molecule has 29 heavy (non-hydrogen) atoms. The molecular formula is C22H25N3O3S. The number of nitrogens with zero attached hydrogens (tertiary/aromatic N) is 2. The number of thiazole rings is 1. The van der Waals surface area contributed by atoms with Crippen molar-refractivity contribution in [3.63, 3.8) is 0 Å². The molecule has 2 unspecified atom stereocenters. The maximum atomic E-state index is 12.1. The van der Waals surface area contributed by atoms with Gasteiger partial charge in [-0.25, -0.2) is 4.98 Å². The van der Waals surface area contributed by atoms with E-state index >= 15 is 0 Å². The molecule has 0 amide bonds. The van der Waals surface area contributed by atoms with E-state index in [1.54, 1.807) is 6.20 Å². The molecule has 3 aromatic rings. The number of rotatable bonds is 3. The smallest absolute Gasteiger partial charge is 0.309 e. The number of benzene rings is 1. The Kier molecular flexibility index (Phi) is 4.83. The molecular weight excluding hydrogens is 386 g/mol. The number of nitrogen functional groups attached to an aromatic ring is 1. The zero-order valence-corrected chi connectivity index (χ0v) is 17.6. The van der Waals surface area contributed by atoms with Crippen LogP contribution in [0.3, 0.4) is 0 Å². The Hall–Kier alpha value is -2.51. The fourth-order valence-electron chi connectivity index (χ4n) is 4.49. The summed E-state index contributed by atoms with van der Waals surface area (Å²) in [6.07, 6.45) is 5.08. The number of hydrogen-bond donors (Lipinski definition) is 2. The molecule has 0 saturated heterocycles. The Labute approximate surface area is 173 Å². The van der Waals surface area contributed by atoms with Crippen LogP contribution in [0.2, 0.25) is 0 Å². The average molecular weight is 412 g/mol. The number of fused-ring (bicyclic) bond motifs is 1. The van der Waals surface area contributed by atoms with E-state index < -0.39 is 5.60 Å². The molecule has 4 rings (SSSR count). The number of nitrogens with two attached hydrogens (primary N) is 1. The molecule has 3 N–H and O–H groups in total. The van der Waals surface area contributed by atoms with Crippen LogP contribution in [0, 0.1) is 11.3 Å². The van der Waals surface area contributed by atoms with Crippen LogP contribution in [0.25, 0.3) is 21.3 Å². The van der Waals surface area contributed by atoms with Gasteiger partial charge >= 0.3 is 5.97 Å². The molecule has 152 valence electrons. The molecule has 1 aromatic carbocycles. The highest BCUT2D eigenvalue weighted by Gasteiger charge is 2.49. The largest absolute Gasteiger partial charge is 0.469 e. The molecule has 1 fully saturated rings. The van der Waals surface area contributed by atoms with Gasteiger partial charge in [-0.05, 0) is 42.9 Å². The van der Waals surface area contributed by atoms with E-state index in [4.69, 9.17) is 10.5 Å². The molecule has 2 heterocycles. The molecule has 2 aromatic heterocycles. The van der Waals surface area contributed by atoms with Gasteiger partial charge in [0.1, 0.15) is 10.6 Å². The van der Waals surface area contributed by atoms with Crippen LogP contribution in [-0.2, 0) is 15.1 Å². The van der Waals surface area contributed by atoms with E-state index in [0.717, 1.165) is 21.3 Å².